The number of aliphatic imine (C=N–C) groups is 1. The van der Waals surface area contributed by atoms with E-state index in [-0.39, 0.29) is 94.1 Å². The number of carbonyl (C=O) groups is 4. The molecule has 10 N–H and O–H groups in total. The van der Waals surface area contributed by atoms with Gasteiger partial charge in [-0.3, -0.25) is 48.5 Å². The number of carbonyl (C=O) groups excluding carboxylic acids is 4. The van der Waals surface area contributed by atoms with Crippen molar-refractivity contribution in [3.63, 3.8) is 0 Å². The smallest absolute Gasteiger partial charge is 0.277 e. The van der Waals surface area contributed by atoms with Crippen LogP contribution in [0.15, 0.2) is 186 Å². The lowest BCUT2D eigenvalue weighted by Gasteiger charge is -2.15. The SMILES string of the molecule is CCCOCC(=O)c1cc2c(ncn2C)c(F)c1Nc1ccc(Br)cc1Cl.CC[C@@H](O)CCC(=O)c1ccncc1Nc1ccc(I)cc1F.CN=C1CCc2cc(-c3cn(CCO)nc3-c3ccncc3)ccc21.Cc1ccc(C(=O)NOC[C@H](O)CO)c(Nc2ccc(I)cc2F)c1F.Cc1ccc(Nc2c(C(=O)NOCC3CC3)ccc(F)c2F)c(Cl)c1. The Hall–Kier alpha value is -10.3. The first-order valence-electron chi connectivity index (χ1n) is 39.7. The first kappa shape index (κ1) is 97.9. The molecule has 0 spiro atoms. The number of ketones is 2. The van der Waals surface area contributed by atoms with Crippen molar-refractivity contribution in [2.75, 3.05) is 68.0 Å². The summed E-state index contributed by atoms with van der Waals surface area (Å²) in [5.41, 5.74) is 15.8. The number of nitrogens with zero attached hydrogens (tertiary/aromatic N) is 7. The topological polar surface area (TPSA) is 323 Å². The molecule has 0 radical (unpaired) electrons. The lowest BCUT2D eigenvalue weighted by Crippen LogP contribution is -2.30. The summed E-state index contributed by atoms with van der Waals surface area (Å²) in [4.78, 5) is 76.0. The van der Waals surface area contributed by atoms with Crippen LogP contribution in [0.1, 0.15) is 122 Å². The fourth-order valence-electron chi connectivity index (χ4n) is 12.5. The predicted molar refractivity (Wildman–Crippen MR) is 496 cm³/mol. The summed E-state index contributed by atoms with van der Waals surface area (Å²) in [6.45, 7) is 7.61. The van der Waals surface area contributed by atoms with Gasteiger partial charge in [-0.1, -0.05) is 83.3 Å². The molecular formula is C91H90BrCl2F6I2N13O11. The van der Waals surface area contributed by atoms with Crippen molar-refractivity contribution < 1.29 is 80.4 Å². The van der Waals surface area contributed by atoms with Crippen LogP contribution in [0.4, 0.5) is 71.8 Å². The number of amides is 2. The van der Waals surface area contributed by atoms with E-state index in [1.165, 1.54) is 78.9 Å². The van der Waals surface area contributed by atoms with Gasteiger partial charge in [0, 0.05) is 91.5 Å². The first-order chi connectivity index (χ1) is 60.5. The van der Waals surface area contributed by atoms with Crippen molar-refractivity contribution in [2.24, 2.45) is 18.0 Å². The quantitative estimate of drug-likeness (QED) is 0.00634. The number of rotatable bonds is 31. The maximum atomic E-state index is 15.2. The minimum absolute atomic E-state index is 0.0144. The summed E-state index contributed by atoms with van der Waals surface area (Å²) in [6.07, 6.45) is 14.7. The zero-order valence-corrected chi connectivity index (χ0v) is 76.4. The molecular weight excluding hydrogens is 1970 g/mol. The maximum absolute atomic E-state index is 15.2. The van der Waals surface area contributed by atoms with E-state index in [1.807, 2.05) is 96.8 Å². The van der Waals surface area contributed by atoms with E-state index in [4.69, 9.17) is 42.7 Å². The number of hydrogen-bond acceptors (Lipinski definition) is 20. The normalized spacial score (nSPS) is 12.7. The first-order valence-corrected chi connectivity index (χ1v) is 43.4. The van der Waals surface area contributed by atoms with E-state index >= 15 is 4.39 Å². The van der Waals surface area contributed by atoms with E-state index < -0.39 is 59.7 Å². The minimum atomic E-state index is -1.16. The molecule has 8 aromatic carbocycles. The van der Waals surface area contributed by atoms with E-state index in [2.05, 4.69) is 85.9 Å². The fraction of sp³-hybridized carbons (Fsp3) is 0.264. The van der Waals surface area contributed by atoms with Gasteiger partial charge in [-0.05, 0) is 247 Å². The number of hydroxylamine groups is 2. The van der Waals surface area contributed by atoms with Crippen molar-refractivity contribution in [1.29, 1.82) is 0 Å². The Morgan fingerprint density at radius 1 is 0.635 bits per heavy atom. The summed E-state index contributed by atoms with van der Waals surface area (Å²) >= 11 is 19.7. The number of Topliss-reactive ketones (excluding diaryl/α,β-unsaturated/α-hetero) is 2. The van der Waals surface area contributed by atoms with Crippen LogP contribution in [-0.4, -0.2) is 138 Å². The average molecular weight is 2060 g/mol. The number of aliphatic hydroxyl groups excluding tert-OH is 4. The lowest BCUT2D eigenvalue weighted by molar-refractivity contribution is -0.0295. The van der Waals surface area contributed by atoms with Crippen molar-refractivity contribution >= 4 is 170 Å². The second-order valence-electron chi connectivity index (χ2n) is 28.9. The molecule has 14 rings (SSSR count). The summed E-state index contributed by atoms with van der Waals surface area (Å²) in [5.74, 6) is -5.94. The van der Waals surface area contributed by atoms with Gasteiger partial charge in [0.15, 0.2) is 29.0 Å². The highest BCUT2D eigenvalue weighted by atomic mass is 127. The zero-order chi connectivity index (χ0) is 90.8. The molecule has 0 unspecified atom stereocenters. The van der Waals surface area contributed by atoms with Gasteiger partial charge in [0.05, 0.1) is 117 Å². The number of anilines is 8. The molecule has 126 heavy (non-hydrogen) atoms. The molecule has 662 valence electrons. The molecule has 0 bridgehead atoms. The molecule has 2 amide bonds. The Morgan fingerprint density at radius 3 is 1.90 bits per heavy atom. The number of aromatic nitrogens is 6. The molecule has 0 aliphatic heterocycles. The predicted octanol–water partition coefficient (Wildman–Crippen LogP) is 20.1. The number of aryl methyl sites for hydroxylation is 4. The highest BCUT2D eigenvalue weighted by Gasteiger charge is 2.28. The number of pyridine rings is 2. The third kappa shape index (κ3) is 26.9. The average Bonchev–Trinajstić information content (AvgIpc) is 1.55. The van der Waals surface area contributed by atoms with Crippen LogP contribution < -0.4 is 32.2 Å². The van der Waals surface area contributed by atoms with Crippen LogP contribution >= 0.6 is 84.3 Å². The number of aliphatic hydroxyl groups is 4. The van der Waals surface area contributed by atoms with Gasteiger partial charge in [-0.15, -0.1) is 0 Å². The number of halogens is 11. The van der Waals surface area contributed by atoms with Crippen molar-refractivity contribution in [3.8, 4) is 22.4 Å². The van der Waals surface area contributed by atoms with Gasteiger partial charge in [0.1, 0.15) is 48.0 Å². The summed E-state index contributed by atoms with van der Waals surface area (Å²) in [5, 5.41) is 53.3. The number of imidazole rings is 1. The second kappa shape index (κ2) is 47.5. The van der Waals surface area contributed by atoms with Gasteiger partial charge in [-0.2, -0.15) is 5.10 Å². The van der Waals surface area contributed by atoms with Crippen LogP contribution in [-0.2, 0) is 34.4 Å². The highest BCUT2D eigenvalue weighted by Crippen LogP contribution is 2.39. The summed E-state index contributed by atoms with van der Waals surface area (Å²) < 4.78 is 96.8. The van der Waals surface area contributed by atoms with E-state index in [0.717, 1.165) is 74.2 Å². The fourth-order valence-corrected chi connectivity index (χ4v) is 14.5. The van der Waals surface area contributed by atoms with Crippen LogP contribution in [0.2, 0.25) is 10.0 Å². The molecule has 4 aromatic heterocycles. The van der Waals surface area contributed by atoms with E-state index in [1.54, 1.807) is 95.4 Å². The van der Waals surface area contributed by atoms with Crippen LogP contribution in [0, 0.1) is 61.8 Å². The minimum Gasteiger partial charge on any atom is -0.394 e. The number of hydrogen-bond donors (Lipinski definition) is 10. The molecule has 4 heterocycles. The number of fused-ring (bicyclic) bond motifs is 2. The Balaban J connectivity index is 0.000000165. The van der Waals surface area contributed by atoms with E-state index in [9.17, 15) is 56.4 Å². The van der Waals surface area contributed by atoms with Gasteiger partial charge in [0.2, 0.25) is 0 Å². The largest absolute Gasteiger partial charge is 0.394 e. The van der Waals surface area contributed by atoms with Crippen molar-refractivity contribution in [2.45, 2.75) is 97.8 Å². The molecule has 35 heteroatoms. The number of nitrogens with one attached hydrogen (secondary N) is 6. The molecule has 2 aliphatic rings. The van der Waals surface area contributed by atoms with Crippen LogP contribution in [0.3, 0.4) is 0 Å². The van der Waals surface area contributed by atoms with Gasteiger partial charge < -0.3 is 51.0 Å². The lowest BCUT2D eigenvalue weighted by atomic mass is 9.98. The highest BCUT2D eigenvalue weighted by molar-refractivity contribution is 14.1. The molecule has 24 nitrogen and oxygen atoms in total. The standard InChI is InChI=1S/C20H20N4O.C19H18BrClFN3O2.C18H17ClF2N2O2.C17H17F2IN2O4.C17H18FIN2O2/c1-21-19-5-3-15-12-16(2-4-17(15)19)18-13-24(10-11-25)23-20(18)14-6-8-22-9-7-14;1-3-6-27-9-16(26)12-8-15-19(23-10-25(15)2)17(22)18(12)24-14-5-4-11(20)7-13(14)21;1-10-2-7-15(13(19)8-10)22-17-12(5-6-14(20)16(17)21)18(24)23-25-9-11-3-4-11;1-9-2-4-12(17(25)22-26-8-11(24)7-23)16(15(9)19)21-14-5-3-10(20)6-13(14)18;1-2-12(22)4-6-17(23)13-7-8-20-10-16(13)21-15-5-3-11(19)9-14(15)18/h2,4,6-9,12-13,25H,3,5,10-11H2,1H3;4-5,7-8,10,24H,3,6,9H2,1-2H3;2,5-8,11,22H,3-4,9H2,1H3,(H,23,24);2-6,11,21,23-24H,7-8H2,1H3,(H,22,25);3,5,7-10,12,21-22H,2,4,6H2,1H3/t;;;11-;12-/m...11/s1. The van der Waals surface area contributed by atoms with Gasteiger partial charge in [0.25, 0.3) is 11.8 Å². The Morgan fingerprint density at radius 2 is 1.26 bits per heavy atom. The molecule has 0 saturated heterocycles. The summed E-state index contributed by atoms with van der Waals surface area (Å²) in [6, 6.07) is 38.0. The molecule has 2 aliphatic carbocycles. The van der Waals surface area contributed by atoms with Crippen molar-refractivity contribution in [1.82, 2.24) is 40.3 Å². The van der Waals surface area contributed by atoms with Gasteiger partial charge in [-0.25, -0.2) is 42.3 Å². The van der Waals surface area contributed by atoms with Crippen LogP contribution in [0.25, 0.3) is 33.4 Å². The maximum Gasteiger partial charge on any atom is 0.277 e. The van der Waals surface area contributed by atoms with Crippen molar-refractivity contribution in [3.05, 3.63) is 278 Å². The Bertz CT molecular complexity index is 5880. The number of benzene rings is 8. The zero-order valence-electron chi connectivity index (χ0n) is 69.0. The molecule has 1 saturated carbocycles. The third-order valence-corrected chi connectivity index (χ3v) is 22.0. The summed E-state index contributed by atoms with van der Waals surface area (Å²) in [7, 11) is 3.61. The third-order valence-electron chi connectivity index (χ3n) is 19.5. The Kier molecular flexibility index (Phi) is 36.9. The number of ether oxygens (including phenoxy) is 1. The van der Waals surface area contributed by atoms with E-state index in [0.29, 0.717) is 86.0 Å². The molecule has 12 aromatic rings. The molecule has 1 fully saturated rings. The second-order valence-corrected chi connectivity index (χ2v) is 33.2. The Labute approximate surface area is 768 Å². The monoisotopic (exact) mass is 2060 g/mol. The van der Waals surface area contributed by atoms with Crippen LogP contribution in [0.5, 0.6) is 0 Å². The molecule has 2 atom stereocenters. The van der Waals surface area contributed by atoms with Gasteiger partial charge >= 0.3 is 0 Å².